The van der Waals surface area contributed by atoms with Gasteiger partial charge in [0.05, 0.1) is 16.7 Å². The number of hydrogen-bond acceptors (Lipinski definition) is 4. The highest BCUT2D eigenvalue weighted by molar-refractivity contribution is 7.10. The van der Waals surface area contributed by atoms with Crippen LogP contribution in [0.25, 0.3) is 6.08 Å². The summed E-state index contributed by atoms with van der Waals surface area (Å²) in [6.07, 6.45) is 5.41. The number of aromatic nitrogens is 1. The van der Waals surface area contributed by atoms with Gasteiger partial charge in [0, 0.05) is 22.9 Å². The molecule has 0 aliphatic carbocycles. The number of rotatable bonds is 3. The van der Waals surface area contributed by atoms with E-state index in [2.05, 4.69) is 23.4 Å². The number of nitrogens with zero attached hydrogens (tertiary/aromatic N) is 2. The molecule has 1 aliphatic heterocycles. The predicted molar refractivity (Wildman–Crippen MR) is 88.7 cm³/mol. The summed E-state index contributed by atoms with van der Waals surface area (Å²) >= 11 is 3.41. The largest absolute Gasteiger partial charge is 0.332 e. The van der Waals surface area contributed by atoms with Crippen LogP contribution in [-0.4, -0.2) is 22.3 Å². The zero-order valence-electron chi connectivity index (χ0n) is 12.2. The first-order valence-corrected chi connectivity index (χ1v) is 8.92. The maximum atomic E-state index is 12.5. The molecule has 0 bridgehead atoms. The van der Waals surface area contributed by atoms with Gasteiger partial charge in [0.15, 0.2) is 0 Å². The lowest BCUT2D eigenvalue weighted by molar-refractivity contribution is -0.128. The van der Waals surface area contributed by atoms with Crippen molar-refractivity contribution in [2.75, 3.05) is 6.54 Å². The third-order valence-corrected chi connectivity index (χ3v) is 5.59. The summed E-state index contributed by atoms with van der Waals surface area (Å²) in [5, 5.41) is 5.13. The average Bonchev–Trinajstić information content (AvgIpc) is 3.12. The Bertz CT molecular complexity index is 671. The number of thiazole rings is 1. The van der Waals surface area contributed by atoms with E-state index in [0.29, 0.717) is 0 Å². The normalized spacial score (nSPS) is 18.2. The first kappa shape index (κ1) is 14.5. The molecule has 3 heterocycles. The van der Waals surface area contributed by atoms with Gasteiger partial charge < -0.3 is 4.90 Å². The van der Waals surface area contributed by atoms with Crippen molar-refractivity contribution in [1.82, 2.24) is 9.88 Å². The Hall–Kier alpha value is -1.46. The van der Waals surface area contributed by atoms with E-state index in [0.717, 1.165) is 30.1 Å². The summed E-state index contributed by atoms with van der Waals surface area (Å²) in [4.78, 5) is 20.3. The van der Waals surface area contributed by atoms with Crippen LogP contribution in [0.1, 0.15) is 40.5 Å². The number of carbonyl (C=O) groups is 1. The van der Waals surface area contributed by atoms with Crippen molar-refractivity contribution in [3.8, 4) is 0 Å². The van der Waals surface area contributed by atoms with Gasteiger partial charge in [-0.3, -0.25) is 4.79 Å². The molecule has 0 aromatic carbocycles. The lowest BCUT2D eigenvalue weighted by atomic mass is 9.97. The highest BCUT2D eigenvalue weighted by Gasteiger charge is 2.29. The van der Waals surface area contributed by atoms with Crippen molar-refractivity contribution in [3.63, 3.8) is 0 Å². The second-order valence-electron chi connectivity index (χ2n) is 5.13. The second-order valence-corrected chi connectivity index (χ2v) is 7.19. The van der Waals surface area contributed by atoms with Gasteiger partial charge in [0.25, 0.3) is 0 Å². The van der Waals surface area contributed by atoms with Crippen LogP contribution >= 0.6 is 22.7 Å². The molecule has 2 aromatic rings. The molecule has 1 atom stereocenters. The quantitative estimate of drug-likeness (QED) is 0.800. The molecule has 3 rings (SSSR count). The van der Waals surface area contributed by atoms with Crippen molar-refractivity contribution >= 4 is 34.7 Å². The van der Waals surface area contributed by atoms with Gasteiger partial charge in [-0.15, -0.1) is 22.7 Å². The molecule has 0 saturated heterocycles. The summed E-state index contributed by atoms with van der Waals surface area (Å²) in [7, 11) is 0. The topological polar surface area (TPSA) is 33.2 Å². The van der Waals surface area contributed by atoms with E-state index in [-0.39, 0.29) is 11.9 Å². The average molecular weight is 318 g/mol. The monoisotopic (exact) mass is 318 g/mol. The lowest BCUT2D eigenvalue weighted by Gasteiger charge is -2.34. The van der Waals surface area contributed by atoms with E-state index in [1.807, 2.05) is 23.3 Å². The maximum Gasteiger partial charge on any atom is 0.247 e. The Morgan fingerprint density at radius 2 is 2.38 bits per heavy atom. The molecule has 2 aromatic heterocycles. The number of thiophene rings is 1. The molecular weight excluding hydrogens is 300 g/mol. The van der Waals surface area contributed by atoms with Crippen molar-refractivity contribution in [3.05, 3.63) is 44.0 Å². The standard InChI is InChI=1S/C16H18N2OS2/c1-3-14-13-7-9-20-15(13)6-8-18(14)16(19)5-4-12-10-21-11(2)17-12/h4-5,7,9-10,14H,3,6,8H2,1-2H3. The summed E-state index contributed by atoms with van der Waals surface area (Å²) < 4.78 is 0. The fourth-order valence-electron chi connectivity index (χ4n) is 2.81. The van der Waals surface area contributed by atoms with Gasteiger partial charge in [-0.25, -0.2) is 4.98 Å². The summed E-state index contributed by atoms with van der Waals surface area (Å²) in [5.41, 5.74) is 2.20. The van der Waals surface area contributed by atoms with Gasteiger partial charge in [0.1, 0.15) is 0 Å². The first-order valence-electron chi connectivity index (χ1n) is 7.16. The zero-order chi connectivity index (χ0) is 14.8. The Morgan fingerprint density at radius 3 is 3.10 bits per heavy atom. The van der Waals surface area contributed by atoms with E-state index in [9.17, 15) is 4.79 Å². The molecule has 0 fully saturated rings. The third-order valence-electron chi connectivity index (χ3n) is 3.80. The lowest BCUT2D eigenvalue weighted by Crippen LogP contribution is -2.38. The highest BCUT2D eigenvalue weighted by atomic mass is 32.1. The van der Waals surface area contributed by atoms with Gasteiger partial charge >= 0.3 is 0 Å². The van der Waals surface area contributed by atoms with Crippen molar-refractivity contribution in [2.24, 2.45) is 0 Å². The van der Waals surface area contributed by atoms with Crippen LogP contribution in [0.15, 0.2) is 22.9 Å². The minimum Gasteiger partial charge on any atom is -0.332 e. The number of carbonyl (C=O) groups excluding carboxylic acids is 1. The molecule has 0 radical (unpaired) electrons. The van der Waals surface area contributed by atoms with Gasteiger partial charge in [0.2, 0.25) is 5.91 Å². The number of aryl methyl sites for hydroxylation is 1. The second kappa shape index (κ2) is 6.12. The van der Waals surface area contributed by atoms with Crippen LogP contribution in [0.4, 0.5) is 0 Å². The van der Waals surface area contributed by atoms with E-state index in [1.165, 1.54) is 10.4 Å². The molecule has 3 nitrogen and oxygen atoms in total. The number of hydrogen-bond donors (Lipinski definition) is 0. The van der Waals surface area contributed by atoms with Crippen molar-refractivity contribution < 1.29 is 4.79 Å². The van der Waals surface area contributed by atoms with Crippen LogP contribution in [-0.2, 0) is 11.2 Å². The predicted octanol–water partition coefficient (Wildman–Crippen LogP) is 4.06. The third kappa shape index (κ3) is 2.94. The molecule has 1 unspecified atom stereocenters. The fourth-order valence-corrected chi connectivity index (χ4v) is 4.32. The van der Waals surface area contributed by atoms with E-state index in [4.69, 9.17) is 0 Å². The molecule has 110 valence electrons. The van der Waals surface area contributed by atoms with Crippen LogP contribution in [0.5, 0.6) is 0 Å². The molecule has 1 aliphatic rings. The molecular formula is C16H18N2OS2. The number of fused-ring (bicyclic) bond motifs is 1. The fraction of sp³-hybridized carbons (Fsp3) is 0.375. The minimum atomic E-state index is 0.0874. The highest BCUT2D eigenvalue weighted by Crippen LogP contribution is 2.35. The molecule has 1 amide bonds. The van der Waals surface area contributed by atoms with Gasteiger partial charge in [-0.1, -0.05) is 6.92 Å². The minimum absolute atomic E-state index is 0.0874. The van der Waals surface area contributed by atoms with Gasteiger partial charge in [-0.05, 0) is 42.9 Å². The van der Waals surface area contributed by atoms with E-state index < -0.39 is 0 Å². The van der Waals surface area contributed by atoms with E-state index in [1.54, 1.807) is 28.7 Å². The maximum absolute atomic E-state index is 12.5. The van der Waals surface area contributed by atoms with Crippen LogP contribution in [0.3, 0.4) is 0 Å². The van der Waals surface area contributed by atoms with Crippen LogP contribution < -0.4 is 0 Å². The smallest absolute Gasteiger partial charge is 0.247 e. The van der Waals surface area contributed by atoms with E-state index >= 15 is 0 Å². The Labute approximate surface area is 132 Å². The summed E-state index contributed by atoms with van der Waals surface area (Å²) in [5.74, 6) is 0.0874. The van der Waals surface area contributed by atoms with Crippen LogP contribution in [0, 0.1) is 6.92 Å². The molecule has 0 saturated carbocycles. The summed E-state index contributed by atoms with van der Waals surface area (Å²) in [6.45, 7) is 4.93. The van der Waals surface area contributed by atoms with Crippen molar-refractivity contribution in [2.45, 2.75) is 32.7 Å². The summed E-state index contributed by atoms with van der Waals surface area (Å²) in [6, 6.07) is 2.38. The zero-order valence-corrected chi connectivity index (χ0v) is 13.8. The molecule has 21 heavy (non-hydrogen) atoms. The van der Waals surface area contributed by atoms with Gasteiger partial charge in [-0.2, -0.15) is 0 Å². The molecule has 0 spiro atoms. The first-order chi connectivity index (χ1) is 10.2. The molecule has 5 heteroatoms. The Morgan fingerprint density at radius 1 is 1.52 bits per heavy atom. The number of amides is 1. The SMILES string of the molecule is CCC1c2ccsc2CCN1C(=O)C=Cc1csc(C)n1. The Kier molecular flexibility index (Phi) is 4.22. The molecule has 0 N–H and O–H groups in total. The Balaban J connectivity index is 1.77. The van der Waals surface area contributed by atoms with Crippen molar-refractivity contribution in [1.29, 1.82) is 0 Å². The van der Waals surface area contributed by atoms with Crippen LogP contribution in [0.2, 0.25) is 0 Å².